The van der Waals surface area contributed by atoms with Crippen LogP contribution < -0.4 is 0 Å². The normalized spacial score (nSPS) is 37.3. The number of hydrogen-bond donors (Lipinski definition) is 0. The molecule has 39 heavy (non-hydrogen) atoms. The Morgan fingerprint density at radius 2 is 1.23 bits per heavy atom. The van der Waals surface area contributed by atoms with Crippen molar-refractivity contribution in [2.45, 2.75) is 83.8 Å². The first-order valence-corrected chi connectivity index (χ1v) is 17.0. The zero-order valence-electron chi connectivity index (χ0n) is 23.5. The first-order chi connectivity index (χ1) is 18.7. The van der Waals surface area contributed by atoms with E-state index in [1.807, 2.05) is 0 Å². The van der Waals surface area contributed by atoms with E-state index >= 15 is 0 Å². The Kier molecular flexibility index (Phi) is 11.2. The van der Waals surface area contributed by atoms with Gasteiger partial charge in [-0.2, -0.15) is 0 Å². The fourth-order valence-electron chi connectivity index (χ4n) is 8.88. The van der Waals surface area contributed by atoms with Crippen molar-refractivity contribution >= 4 is 58.6 Å². The zero-order chi connectivity index (χ0) is 28.2. The molecule has 4 fully saturated rings. The third-order valence-electron chi connectivity index (χ3n) is 11.0. The summed E-state index contributed by atoms with van der Waals surface area (Å²) >= 11 is 23.6. The predicted molar refractivity (Wildman–Crippen MR) is 158 cm³/mol. The summed E-state index contributed by atoms with van der Waals surface area (Å²) in [6.45, 7) is 6.70. The van der Waals surface area contributed by atoms with Gasteiger partial charge >= 0.3 is 12.2 Å². The molecule has 224 valence electrons. The topological polar surface area (TPSA) is 59.1 Å². The highest BCUT2D eigenvalue weighted by Gasteiger charge is 2.61. The average molecular weight is 629 g/mol. The summed E-state index contributed by atoms with van der Waals surface area (Å²) in [5.74, 6) is 3.99. The highest BCUT2D eigenvalue weighted by Crippen LogP contribution is 2.66. The highest BCUT2D eigenvalue weighted by atomic mass is 35.5. The van der Waals surface area contributed by atoms with Crippen molar-refractivity contribution in [1.82, 2.24) is 9.80 Å². The Labute approximate surface area is 254 Å². The number of carbonyl (C=O) groups is 2. The molecule has 8 unspecified atom stereocenters. The van der Waals surface area contributed by atoms with Gasteiger partial charge in [-0.25, -0.2) is 9.59 Å². The number of fused-ring (bicyclic) bond motifs is 5. The molecule has 0 aromatic heterocycles. The molecule has 2 amide bonds. The lowest BCUT2D eigenvalue weighted by Gasteiger charge is -2.60. The van der Waals surface area contributed by atoms with E-state index in [-0.39, 0.29) is 35.2 Å². The van der Waals surface area contributed by atoms with Crippen molar-refractivity contribution in [1.29, 1.82) is 0 Å². The van der Waals surface area contributed by atoms with E-state index in [0.717, 1.165) is 38.5 Å². The number of hydrogen-bond acceptors (Lipinski definition) is 4. The van der Waals surface area contributed by atoms with E-state index in [1.54, 1.807) is 9.80 Å². The van der Waals surface area contributed by atoms with E-state index in [0.29, 0.717) is 73.4 Å². The molecular weight excluding hydrogens is 582 g/mol. The number of nitrogens with zero attached hydrogens (tertiary/aromatic N) is 2. The lowest BCUT2D eigenvalue weighted by atomic mass is 9.45. The molecule has 10 heteroatoms. The Hall–Kier alpha value is -0.300. The molecule has 0 bridgehead atoms. The van der Waals surface area contributed by atoms with Crippen molar-refractivity contribution in [2.75, 3.05) is 49.7 Å². The van der Waals surface area contributed by atoms with Crippen molar-refractivity contribution in [3.8, 4) is 0 Å². The number of rotatable bonds is 10. The quantitative estimate of drug-likeness (QED) is 0.234. The van der Waals surface area contributed by atoms with E-state index in [4.69, 9.17) is 55.9 Å². The van der Waals surface area contributed by atoms with Gasteiger partial charge in [0, 0.05) is 55.1 Å². The minimum Gasteiger partial charge on any atom is -0.446 e. The maximum absolute atomic E-state index is 13.0. The van der Waals surface area contributed by atoms with Gasteiger partial charge in [0.05, 0.1) is 0 Å². The van der Waals surface area contributed by atoms with Gasteiger partial charge in [0.25, 0.3) is 0 Å². The van der Waals surface area contributed by atoms with Gasteiger partial charge in [0.2, 0.25) is 0 Å². The maximum atomic E-state index is 13.0. The smallest absolute Gasteiger partial charge is 0.410 e. The van der Waals surface area contributed by atoms with Gasteiger partial charge in [-0.05, 0) is 86.9 Å². The minimum absolute atomic E-state index is 0.0225. The first-order valence-electron chi connectivity index (χ1n) is 14.9. The molecule has 0 spiro atoms. The van der Waals surface area contributed by atoms with Gasteiger partial charge in [0.15, 0.2) is 0 Å². The van der Waals surface area contributed by atoms with Crippen LogP contribution in [0.2, 0.25) is 0 Å². The Balaban J connectivity index is 1.38. The van der Waals surface area contributed by atoms with Gasteiger partial charge in [-0.15, -0.1) is 46.4 Å². The van der Waals surface area contributed by atoms with Crippen LogP contribution in [0.25, 0.3) is 0 Å². The molecule has 0 saturated heterocycles. The third-order valence-corrected chi connectivity index (χ3v) is 11.7. The Morgan fingerprint density at radius 1 is 0.692 bits per heavy atom. The lowest BCUT2D eigenvalue weighted by Crippen LogP contribution is -2.55. The lowest BCUT2D eigenvalue weighted by molar-refractivity contribution is -0.136. The van der Waals surface area contributed by atoms with Crippen molar-refractivity contribution < 1.29 is 19.1 Å². The third kappa shape index (κ3) is 6.54. The van der Waals surface area contributed by atoms with Crippen LogP contribution in [0.5, 0.6) is 0 Å². The molecule has 0 aliphatic heterocycles. The summed E-state index contributed by atoms with van der Waals surface area (Å²) in [5.41, 5.74) is 0.292. The first kappa shape index (κ1) is 31.6. The van der Waals surface area contributed by atoms with Gasteiger partial charge < -0.3 is 19.3 Å². The SMILES string of the molecule is CC12CCC(OC(=O)N(CCCl)CCCl)CC1CCC1C2CCC2(C)C(OC(=O)N(CCCl)CCCl)CCC12. The summed E-state index contributed by atoms with van der Waals surface area (Å²) in [6.07, 6.45) is 9.03. The van der Waals surface area contributed by atoms with Crippen LogP contribution in [0.4, 0.5) is 9.59 Å². The molecule has 4 aliphatic rings. The van der Waals surface area contributed by atoms with Crippen LogP contribution in [0, 0.1) is 34.5 Å². The van der Waals surface area contributed by atoms with Crippen molar-refractivity contribution in [3.63, 3.8) is 0 Å². The molecule has 6 nitrogen and oxygen atoms in total. The monoisotopic (exact) mass is 626 g/mol. The predicted octanol–water partition coefficient (Wildman–Crippen LogP) is 7.60. The molecule has 0 aromatic rings. The van der Waals surface area contributed by atoms with Crippen molar-refractivity contribution in [3.05, 3.63) is 0 Å². The number of amides is 2. The molecule has 4 aliphatic carbocycles. The van der Waals surface area contributed by atoms with Gasteiger partial charge in [-0.1, -0.05) is 13.8 Å². The summed E-state index contributed by atoms with van der Waals surface area (Å²) in [5, 5.41) is 0. The maximum Gasteiger partial charge on any atom is 0.410 e. The molecule has 0 heterocycles. The van der Waals surface area contributed by atoms with Gasteiger partial charge in [0.1, 0.15) is 12.2 Å². The van der Waals surface area contributed by atoms with Gasteiger partial charge in [-0.3, -0.25) is 0 Å². The molecule has 0 radical (unpaired) electrons. The Bertz CT molecular complexity index is 840. The molecule has 8 atom stereocenters. The number of carbonyl (C=O) groups excluding carboxylic acids is 2. The number of alkyl halides is 4. The molecule has 0 aromatic carbocycles. The summed E-state index contributed by atoms with van der Waals surface area (Å²) in [6, 6.07) is 0. The molecule has 0 N–H and O–H groups in total. The van der Waals surface area contributed by atoms with Crippen LogP contribution in [0.15, 0.2) is 0 Å². The largest absolute Gasteiger partial charge is 0.446 e. The average Bonchev–Trinajstić information content (AvgIpc) is 3.24. The second-order valence-electron chi connectivity index (χ2n) is 12.7. The number of halogens is 4. The second-order valence-corrected chi connectivity index (χ2v) is 14.2. The Morgan fingerprint density at radius 3 is 1.82 bits per heavy atom. The van der Waals surface area contributed by atoms with Crippen LogP contribution in [0.1, 0.15) is 71.6 Å². The van der Waals surface area contributed by atoms with Crippen molar-refractivity contribution in [2.24, 2.45) is 34.5 Å². The minimum atomic E-state index is -0.283. The second kappa shape index (κ2) is 13.8. The fraction of sp³-hybridized carbons (Fsp3) is 0.931. The molecule has 4 saturated carbocycles. The fourth-order valence-corrected chi connectivity index (χ4v) is 9.70. The standard InChI is InChI=1S/C29H46Cl4N2O4/c1-28-9-7-21(38-26(36)34(15-11-30)16-12-31)19-20(28)3-4-22-23-5-6-25(29(23,2)10-8-24(22)28)39-27(37)35(17-13-32)18-14-33/h20-25H,3-19H2,1-2H3. The summed E-state index contributed by atoms with van der Waals surface area (Å²) in [4.78, 5) is 29.0. The van der Waals surface area contributed by atoms with E-state index < -0.39 is 0 Å². The zero-order valence-corrected chi connectivity index (χ0v) is 26.5. The van der Waals surface area contributed by atoms with E-state index in [2.05, 4.69) is 13.8 Å². The number of ether oxygens (including phenoxy) is 2. The van der Waals surface area contributed by atoms with E-state index in [1.165, 1.54) is 19.3 Å². The van der Waals surface area contributed by atoms with Crippen LogP contribution in [-0.4, -0.2) is 83.9 Å². The van der Waals surface area contributed by atoms with Crippen LogP contribution in [0.3, 0.4) is 0 Å². The van der Waals surface area contributed by atoms with Crippen LogP contribution >= 0.6 is 46.4 Å². The highest BCUT2D eigenvalue weighted by molar-refractivity contribution is 6.19. The molecule has 4 rings (SSSR count). The van der Waals surface area contributed by atoms with Crippen LogP contribution in [-0.2, 0) is 9.47 Å². The summed E-state index contributed by atoms with van der Waals surface area (Å²) in [7, 11) is 0. The van der Waals surface area contributed by atoms with E-state index in [9.17, 15) is 9.59 Å². The molecular formula is C29H46Cl4N2O4. The summed E-state index contributed by atoms with van der Waals surface area (Å²) < 4.78 is 12.1.